The van der Waals surface area contributed by atoms with Gasteiger partial charge in [0, 0.05) is 23.9 Å². The normalized spacial score (nSPS) is 10.6. The highest BCUT2D eigenvalue weighted by molar-refractivity contribution is 5.44. The van der Waals surface area contributed by atoms with Crippen molar-refractivity contribution in [3.05, 3.63) is 68.1 Å². The standard InChI is InChI=1S/C18H22N2O4/c1-3-4-5-11-24-16-9-10-19(18(21)12-16)13-15-7-6-8-17(14(15)2)20(22)23/h6-10,12H,3-5,11,13H2,1-2H3. The lowest BCUT2D eigenvalue weighted by atomic mass is 10.1. The van der Waals surface area contributed by atoms with E-state index in [-0.39, 0.29) is 11.2 Å². The molecule has 0 fully saturated rings. The fourth-order valence-electron chi connectivity index (χ4n) is 2.47. The first kappa shape index (κ1) is 17.7. The van der Waals surface area contributed by atoms with Gasteiger partial charge in [0.1, 0.15) is 5.75 Å². The van der Waals surface area contributed by atoms with Crippen molar-refractivity contribution in [1.82, 2.24) is 4.57 Å². The molecular weight excluding hydrogens is 308 g/mol. The molecule has 0 aliphatic rings. The number of pyridine rings is 1. The zero-order chi connectivity index (χ0) is 17.5. The van der Waals surface area contributed by atoms with E-state index in [1.807, 2.05) is 0 Å². The molecule has 0 unspecified atom stereocenters. The number of nitro benzene ring substituents is 1. The summed E-state index contributed by atoms with van der Waals surface area (Å²) in [6, 6.07) is 8.11. The van der Waals surface area contributed by atoms with E-state index in [2.05, 4.69) is 6.92 Å². The van der Waals surface area contributed by atoms with E-state index in [0.29, 0.717) is 24.5 Å². The first-order chi connectivity index (χ1) is 11.5. The molecule has 128 valence electrons. The Morgan fingerprint density at radius 1 is 1.25 bits per heavy atom. The first-order valence-corrected chi connectivity index (χ1v) is 8.09. The van der Waals surface area contributed by atoms with E-state index in [4.69, 9.17) is 4.74 Å². The molecule has 0 amide bonds. The maximum Gasteiger partial charge on any atom is 0.272 e. The van der Waals surface area contributed by atoms with Gasteiger partial charge in [-0.1, -0.05) is 31.9 Å². The van der Waals surface area contributed by atoms with E-state index in [1.54, 1.807) is 31.3 Å². The average molecular weight is 330 g/mol. The van der Waals surface area contributed by atoms with Crippen LogP contribution in [0.2, 0.25) is 0 Å². The maximum absolute atomic E-state index is 12.2. The summed E-state index contributed by atoms with van der Waals surface area (Å²) in [4.78, 5) is 22.8. The van der Waals surface area contributed by atoms with Crippen LogP contribution >= 0.6 is 0 Å². The first-order valence-electron chi connectivity index (χ1n) is 8.09. The predicted molar refractivity (Wildman–Crippen MR) is 92.7 cm³/mol. The average Bonchev–Trinajstić information content (AvgIpc) is 2.55. The zero-order valence-electron chi connectivity index (χ0n) is 14.0. The lowest BCUT2D eigenvalue weighted by molar-refractivity contribution is -0.385. The van der Waals surface area contributed by atoms with Gasteiger partial charge in [0.05, 0.1) is 18.1 Å². The smallest absolute Gasteiger partial charge is 0.272 e. The van der Waals surface area contributed by atoms with Crippen LogP contribution in [0.25, 0.3) is 0 Å². The second-order valence-electron chi connectivity index (χ2n) is 5.70. The molecule has 2 aromatic rings. The Bertz CT molecular complexity index is 768. The van der Waals surface area contributed by atoms with Crippen molar-refractivity contribution in [2.75, 3.05) is 6.61 Å². The van der Waals surface area contributed by atoms with Gasteiger partial charge in [-0.15, -0.1) is 0 Å². The van der Waals surface area contributed by atoms with E-state index in [0.717, 1.165) is 24.8 Å². The minimum atomic E-state index is -0.408. The van der Waals surface area contributed by atoms with Crippen LogP contribution in [0.15, 0.2) is 41.3 Å². The number of nitrogens with zero attached hydrogens (tertiary/aromatic N) is 2. The van der Waals surface area contributed by atoms with E-state index >= 15 is 0 Å². The summed E-state index contributed by atoms with van der Waals surface area (Å²) in [5.74, 6) is 0.558. The minimum Gasteiger partial charge on any atom is -0.493 e. The van der Waals surface area contributed by atoms with Crippen molar-refractivity contribution >= 4 is 5.69 Å². The van der Waals surface area contributed by atoms with Crippen LogP contribution < -0.4 is 10.3 Å². The highest BCUT2D eigenvalue weighted by Crippen LogP contribution is 2.21. The van der Waals surface area contributed by atoms with E-state index < -0.39 is 4.92 Å². The Labute approximate surface area is 140 Å². The Hall–Kier alpha value is -2.63. The minimum absolute atomic E-state index is 0.0661. The summed E-state index contributed by atoms with van der Waals surface area (Å²) in [5, 5.41) is 11.0. The molecule has 6 heteroatoms. The molecule has 0 saturated carbocycles. The maximum atomic E-state index is 12.2. The SMILES string of the molecule is CCCCCOc1ccn(Cc2cccc([N+](=O)[O-])c2C)c(=O)c1. The topological polar surface area (TPSA) is 74.4 Å². The second-order valence-corrected chi connectivity index (χ2v) is 5.70. The summed E-state index contributed by atoms with van der Waals surface area (Å²) >= 11 is 0. The van der Waals surface area contributed by atoms with E-state index in [9.17, 15) is 14.9 Å². The number of nitro groups is 1. The molecule has 1 aromatic carbocycles. The third-order valence-corrected chi connectivity index (χ3v) is 3.94. The van der Waals surface area contributed by atoms with Gasteiger partial charge in [-0.3, -0.25) is 14.9 Å². The monoisotopic (exact) mass is 330 g/mol. The number of rotatable bonds is 8. The quantitative estimate of drug-likeness (QED) is 0.420. The van der Waals surface area contributed by atoms with Crippen LogP contribution in [-0.4, -0.2) is 16.1 Å². The van der Waals surface area contributed by atoms with E-state index in [1.165, 1.54) is 16.7 Å². The molecule has 0 aliphatic carbocycles. The molecule has 0 radical (unpaired) electrons. The van der Waals surface area contributed by atoms with Crippen molar-refractivity contribution in [2.45, 2.75) is 39.7 Å². The van der Waals surface area contributed by atoms with Gasteiger partial charge >= 0.3 is 0 Å². The number of ether oxygens (including phenoxy) is 1. The van der Waals surface area contributed by atoms with Gasteiger partial charge in [-0.05, 0) is 25.0 Å². The Morgan fingerprint density at radius 2 is 2.04 bits per heavy atom. The van der Waals surface area contributed by atoms with Crippen molar-refractivity contribution < 1.29 is 9.66 Å². The number of hydrogen-bond acceptors (Lipinski definition) is 4. The summed E-state index contributed by atoms with van der Waals surface area (Å²) in [6.07, 6.45) is 4.85. The van der Waals surface area contributed by atoms with Crippen LogP contribution in [-0.2, 0) is 6.54 Å². The Morgan fingerprint density at radius 3 is 2.71 bits per heavy atom. The van der Waals surface area contributed by atoms with Gasteiger partial charge in [-0.2, -0.15) is 0 Å². The summed E-state index contributed by atoms with van der Waals surface area (Å²) in [6.45, 7) is 4.71. The molecule has 0 aliphatic heterocycles. The van der Waals surface area contributed by atoms with Crippen LogP contribution in [0.3, 0.4) is 0 Å². The highest BCUT2D eigenvalue weighted by Gasteiger charge is 2.13. The lowest BCUT2D eigenvalue weighted by Gasteiger charge is -2.10. The van der Waals surface area contributed by atoms with Gasteiger partial charge < -0.3 is 9.30 Å². The van der Waals surface area contributed by atoms with Crippen molar-refractivity contribution in [3.8, 4) is 5.75 Å². The fraction of sp³-hybridized carbons (Fsp3) is 0.389. The molecular formula is C18H22N2O4. The van der Waals surface area contributed by atoms with Crippen LogP contribution in [0.4, 0.5) is 5.69 Å². The highest BCUT2D eigenvalue weighted by atomic mass is 16.6. The molecule has 0 N–H and O–H groups in total. The third kappa shape index (κ3) is 4.44. The molecule has 0 atom stereocenters. The summed E-state index contributed by atoms with van der Waals surface area (Å²) < 4.78 is 7.08. The predicted octanol–water partition coefficient (Wildman–Crippen LogP) is 3.68. The lowest BCUT2D eigenvalue weighted by Crippen LogP contribution is -2.20. The molecule has 1 heterocycles. The molecule has 2 rings (SSSR count). The van der Waals surface area contributed by atoms with Crippen molar-refractivity contribution in [2.24, 2.45) is 0 Å². The molecule has 6 nitrogen and oxygen atoms in total. The molecule has 0 spiro atoms. The fourth-order valence-corrected chi connectivity index (χ4v) is 2.47. The van der Waals surface area contributed by atoms with Crippen LogP contribution in [0.5, 0.6) is 5.75 Å². The Balaban J connectivity index is 2.12. The zero-order valence-corrected chi connectivity index (χ0v) is 14.0. The van der Waals surface area contributed by atoms with Gasteiger partial charge in [0.25, 0.3) is 11.2 Å². The van der Waals surface area contributed by atoms with Crippen LogP contribution in [0.1, 0.15) is 37.3 Å². The largest absolute Gasteiger partial charge is 0.493 e. The summed E-state index contributed by atoms with van der Waals surface area (Å²) in [5.41, 5.74) is 1.21. The Kier molecular flexibility index (Phi) is 6.12. The number of aromatic nitrogens is 1. The van der Waals surface area contributed by atoms with Crippen molar-refractivity contribution in [3.63, 3.8) is 0 Å². The third-order valence-electron chi connectivity index (χ3n) is 3.94. The molecule has 1 aromatic heterocycles. The van der Waals surface area contributed by atoms with Crippen LogP contribution in [0, 0.1) is 17.0 Å². The molecule has 0 bridgehead atoms. The number of benzene rings is 1. The van der Waals surface area contributed by atoms with Crippen molar-refractivity contribution in [1.29, 1.82) is 0 Å². The number of unbranched alkanes of at least 4 members (excludes halogenated alkanes) is 2. The molecule has 24 heavy (non-hydrogen) atoms. The second kappa shape index (κ2) is 8.29. The van der Waals surface area contributed by atoms with Gasteiger partial charge in [0.15, 0.2) is 0 Å². The van der Waals surface area contributed by atoms with Gasteiger partial charge in [0.2, 0.25) is 0 Å². The molecule has 0 saturated heterocycles. The number of hydrogen-bond donors (Lipinski definition) is 0. The summed E-state index contributed by atoms with van der Waals surface area (Å²) in [7, 11) is 0. The van der Waals surface area contributed by atoms with Gasteiger partial charge in [-0.25, -0.2) is 0 Å².